The lowest BCUT2D eigenvalue weighted by Gasteiger charge is -2.05. The van der Waals surface area contributed by atoms with Gasteiger partial charge in [-0.05, 0) is 24.3 Å². The third kappa shape index (κ3) is 2.45. The van der Waals surface area contributed by atoms with Gasteiger partial charge in [0.1, 0.15) is 5.75 Å². The number of carbonyl (C=O) groups is 1. The van der Waals surface area contributed by atoms with Crippen LogP contribution in [0.5, 0.6) is 5.75 Å². The number of oxazole rings is 1. The van der Waals surface area contributed by atoms with Crippen LogP contribution >= 0.6 is 0 Å². The molecule has 0 saturated heterocycles. The number of nitrogens with one attached hydrogen (secondary N) is 1. The quantitative estimate of drug-likeness (QED) is 0.460. The Hall–Kier alpha value is -3.35. The summed E-state index contributed by atoms with van der Waals surface area (Å²) in [5, 5.41) is 7.48. The monoisotopic (exact) mass is 323 g/mol. The van der Waals surface area contributed by atoms with Gasteiger partial charge in [-0.25, -0.2) is 4.79 Å². The number of H-pyrrole nitrogens is 1. The Morgan fingerprint density at radius 3 is 3.00 bits per heavy atom. The molecule has 0 unspecified atom stereocenters. The number of ether oxygens (including phenoxy) is 1. The Bertz CT molecular complexity index is 1090. The van der Waals surface area contributed by atoms with E-state index >= 15 is 0 Å². The molecule has 0 aliphatic rings. The molecule has 7 heteroatoms. The molecule has 24 heavy (non-hydrogen) atoms. The minimum Gasteiger partial charge on any atom is -0.426 e. The van der Waals surface area contributed by atoms with E-state index in [1.807, 2.05) is 12.1 Å². The number of carbonyl (C=O) groups excluding carboxylic acids is 1. The van der Waals surface area contributed by atoms with E-state index in [2.05, 4.69) is 10.2 Å². The van der Waals surface area contributed by atoms with E-state index in [0.717, 1.165) is 10.9 Å². The van der Waals surface area contributed by atoms with Crippen LogP contribution in [0.4, 0.5) is 0 Å². The van der Waals surface area contributed by atoms with Crippen molar-refractivity contribution < 1.29 is 13.9 Å². The van der Waals surface area contributed by atoms with Crippen LogP contribution in [0.1, 0.15) is 6.42 Å². The Labute approximate surface area is 135 Å². The largest absolute Gasteiger partial charge is 0.426 e. The van der Waals surface area contributed by atoms with Gasteiger partial charge in [-0.2, -0.15) is 5.10 Å². The summed E-state index contributed by atoms with van der Waals surface area (Å²) in [6, 6.07) is 12.4. The standard InChI is InChI=1S/C17H13N3O4/c21-16(23-14-7-3-4-12-11(14)10-18-19-12)8-9-20-13-5-1-2-6-15(13)24-17(20)22/h1-7,10H,8-9H2,(H,18,19). The number of hydrogen-bond acceptors (Lipinski definition) is 5. The van der Waals surface area contributed by atoms with Crippen molar-refractivity contribution in [3.63, 3.8) is 0 Å². The first-order chi connectivity index (χ1) is 11.7. The zero-order valence-electron chi connectivity index (χ0n) is 12.6. The number of aryl methyl sites for hydroxylation is 1. The molecular formula is C17H13N3O4. The molecule has 4 rings (SSSR count). The van der Waals surface area contributed by atoms with Gasteiger partial charge in [-0.1, -0.05) is 18.2 Å². The van der Waals surface area contributed by atoms with Crippen molar-refractivity contribution in [2.24, 2.45) is 0 Å². The summed E-state index contributed by atoms with van der Waals surface area (Å²) < 4.78 is 12.0. The molecule has 0 aliphatic carbocycles. The number of nitrogens with zero attached hydrogens (tertiary/aromatic N) is 2. The molecule has 0 atom stereocenters. The number of benzene rings is 2. The summed E-state index contributed by atoms with van der Waals surface area (Å²) in [5.41, 5.74) is 1.95. The first-order valence-corrected chi connectivity index (χ1v) is 7.43. The van der Waals surface area contributed by atoms with Gasteiger partial charge in [0.25, 0.3) is 0 Å². The molecule has 1 N–H and O–H groups in total. The second kappa shape index (κ2) is 5.69. The number of aromatic amines is 1. The highest BCUT2D eigenvalue weighted by Crippen LogP contribution is 2.23. The Morgan fingerprint density at radius 1 is 1.21 bits per heavy atom. The number of fused-ring (bicyclic) bond motifs is 2. The number of rotatable bonds is 4. The zero-order valence-corrected chi connectivity index (χ0v) is 12.6. The molecule has 0 fully saturated rings. The maximum absolute atomic E-state index is 12.1. The van der Waals surface area contributed by atoms with Crippen molar-refractivity contribution in [1.29, 1.82) is 0 Å². The number of hydrogen-bond donors (Lipinski definition) is 1. The first kappa shape index (κ1) is 14.3. The SMILES string of the molecule is O=C(CCn1c(=O)oc2ccccc21)Oc1cccc2[nH]ncc12. The molecule has 0 amide bonds. The minimum absolute atomic E-state index is 0.0532. The second-order valence-corrected chi connectivity index (χ2v) is 5.30. The van der Waals surface area contributed by atoms with Crippen LogP contribution in [0.3, 0.4) is 0 Å². The average Bonchev–Trinajstić information content (AvgIpc) is 3.17. The van der Waals surface area contributed by atoms with Crippen molar-refractivity contribution in [2.75, 3.05) is 0 Å². The van der Waals surface area contributed by atoms with Crippen LogP contribution in [0.2, 0.25) is 0 Å². The highest BCUT2D eigenvalue weighted by atomic mass is 16.5. The fourth-order valence-electron chi connectivity index (χ4n) is 2.63. The summed E-state index contributed by atoms with van der Waals surface area (Å²) in [7, 11) is 0. The van der Waals surface area contributed by atoms with Gasteiger partial charge in [-0.15, -0.1) is 0 Å². The van der Waals surface area contributed by atoms with Gasteiger partial charge in [0.15, 0.2) is 5.58 Å². The highest BCUT2D eigenvalue weighted by molar-refractivity contribution is 5.87. The van der Waals surface area contributed by atoms with Crippen LogP contribution < -0.4 is 10.5 Å². The van der Waals surface area contributed by atoms with Crippen LogP contribution in [0.15, 0.2) is 57.9 Å². The maximum Gasteiger partial charge on any atom is 0.419 e. The second-order valence-electron chi connectivity index (χ2n) is 5.30. The summed E-state index contributed by atoms with van der Waals surface area (Å²) in [4.78, 5) is 24.0. The normalized spacial score (nSPS) is 11.2. The first-order valence-electron chi connectivity index (χ1n) is 7.43. The number of para-hydroxylation sites is 2. The molecule has 0 bridgehead atoms. The molecule has 4 aromatic rings. The van der Waals surface area contributed by atoms with Gasteiger partial charge in [-0.3, -0.25) is 14.5 Å². The molecule has 0 saturated carbocycles. The van der Waals surface area contributed by atoms with E-state index < -0.39 is 11.7 Å². The lowest BCUT2D eigenvalue weighted by molar-refractivity contribution is -0.134. The predicted octanol–water partition coefficient (Wildman–Crippen LogP) is 2.47. The van der Waals surface area contributed by atoms with Crippen LogP contribution in [0, 0.1) is 0 Å². The lowest BCUT2D eigenvalue weighted by atomic mass is 10.2. The zero-order chi connectivity index (χ0) is 16.5. The number of esters is 1. The Balaban J connectivity index is 1.51. The topological polar surface area (TPSA) is 90.1 Å². The van der Waals surface area contributed by atoms with Gasteiger partial charge in [0.05, 0.1) is 29.0 Å². The van der Waals surface area contributed by atoms with E-state index in [1.54, 1.807) is 36.5 Å². The third-order valence-corrected chi connectivity index (χ3v) is 3.78. The summed E-state index contributed by atoms with van der Waals surface area (Å²) in [6.07, 6.45) is 1.66. The van der Waals surface area contributed by atoms with E-state index in [1.165, 1.54) is 4.57 Å². The van der Waals surface area contributed by atoms with Crippen LogP contribution in [-0.2, 0) is 11.3 Å². The van der Waals surface area contributed by atoms with E-state index in [9.17, 15) is 9.59 Å². The molecule has 7 nitrogen and oxygen atoms in total. The molecule has 2 aromatic carbocycles. The van der Waals surface area contributed by atoms with Gasteiger partial charge in [0, 0.05) is 6.54 Å². The Kier molecular flexibility index (Phi) is 3.38. The van der Waals surface area contributed by atoms with Crippen molar-refractivity contribution in [2.45, 2.75) is 13.0 Å². The van der Waals surface area contributed by atoms with Crippen LogP contribution in [-0.4, -0.2) is 20.7 Å². The van der Waals surface area contributed by atoms with E-state index in [0.29, 0.717) is 16.8 Å². The van der Waals surface area contributed by atoms with Crippen LogP contribution in [0.25, 0.3) is 22.0 Å². The van der Waals surface area contributed by atoms with E-state index in [-0.39, 0.29) is 13.0 Å². The molecule has 0 radical (unpaired) electrons. The minimum atomic E-state index is -0.485. The molecule has 120 valence electrons. The molecule has 2 aromatic heterocycles. The Morgan fingerprint density at radius 2 is 2.08 bits per heavy atom. The average molecular weight is 323 g/mol. The van der Waals surface area contributed by atoms with Crippen molar-refractivity contribution in [3.05, 3.63) is 59.2 Å². The predicted molar refractivity (Wildman–Crippen MR) is 86.8 cm³/mol. The maximum atomic E-state index is 12.1. The summed E-state index contributed by atoms with van der Waals surface area (Å²) in [6.45, 7) is 0.191. The lowest BCUT2D eigenvalue weighted by Crippen LogP contribution is -2.18. The fourth-order valence-corrected chi connectivity index (χ4v) is 2.63. The molecule has 0 aliphatic heterocycles. The summed E-state index contributed by atoms with van der Waals surface area (Å²) in [5.74, 6) is -0.475. The summed E-state index contributed by atoms with van der Waals surface area (Å²) >= 11 is 0. The van der Waals surface area contributed by atoms with E-state index in [4.69, 9.17) is 9.15 Å². The van der Waals surface area contributed by atoms with Crippen molar-refractivity contribution in [3.8, 4) is 5.75 Å². The third-order valence-electron chi connectivity index (χ3n) is 3.78. The van der Waals surface area contributed by atoms with Crippen molar-refractivity contribution >= 4 is 28.0 Å². The van der Waals surface area contributed by atoms with Gasteiger partial charge >= 0.3 is 11.7 Å². The molecule has 2 heterocycles. The molecule has 0 spiro atoms. The van der Waals surface area contributed by atoms with Gasteiger partial charge in [0.2, 0.25) is 0 Å². The fraction of sp³-hybridized carbons (Fsp3) is 0.118. The molecular weight excluding hydrogens is 310 g/mol. The van der Waals surface area contributed by atoms with Gasteiger partial charge < -0.3 is 9.15 Å². The van der Waals surface area contributed by atoms with Crippen molar-refractivity contribution in [1.82, 2.24) is 14.8 Å². The number of aromatic nitrogens is 3. The smallest absolute Gasteiger partial charge is 0.419 e. The highest BCUT2D eigenvalue weighted by Gasteiger charge is 2.13.